The lowest BCUT2D eigenvalue weighted by atomic mass is 10.9. The van der Waals surface area contributed by atoms with Crippen LogP contribution < -0.4 is 0 Å². The van der Waals surface area contributed by atoms with E-state index >= 15 is 0 Å². The Kier molecular flexibility index (Phi) is 1.94. The second-order valence-corrected chi connectivity index (χ2v) is 0.991. The fourth-order valence-corrected chi connectivity index (χ4v) is 0. The van der Waals surface area contributed by atoms with Gasteiger partial charge in [0.05, 0.1) is 0 Å². The van der Waals surface area contributed by atoms with Crippen molar-refractivity contribution in [2.24, 2.45) is 0 Å². The Morgan fingerprint density at radius 2 is 2.00 bits per heavy atom. The predicted octanol–water partition coefficient (Wildman–Crippen LogP) is -0.502. The standard InChI is InChI=1S/C2H2O2P/c3-1-2(4)5/h5H2. The highest BCUT2D eigenvalue weighted by Crippen LogP contribution is 1.73. The minimum absolute atomic E-state index is 0.634. The molecular formula is C2H2O2P. The van der Waals surface area contributed by atoms with Crippen LogP contribution in [0.15, 0.2) is 0 Å². The minimum atomic E-state index is -0.634. The topological polar surface area (TPSA) is 34.1 Å². The van der Waals surface area contributed by atoms with Gasteiger partial charge in [-0.1, -0.05) is 9.24 Å². The highest BCUT2D eigenvalue weighted by Gasteiger charge is 1.79. The van der Waals surface area contributed by atoms with Crippen LogP contribution in [-0.2, 0) is 9.59 Å². The van der Waals surface area contributed by atoms with Crippen molar-refractivity contribution in [2.45, 2.75) is 0 Å². The molecular weight excluding hydrogens is 87.0 g/mol. The average Bonchev–Trinajstić information content (AvgIpc) is 1.38. The number of hydrogen-bond donors (Lipinski definition) is 0. The Bertz CT molecular complexity index is 58.7. The SMILES string of the molecule is O=[C]C(=O)P. The first-order valence-electron chi connectivity index (χ1n) is 0.947. The highest BCUT2D eigenvalue weighted by atomic mass is 31.0. The summed E-state index contributed by atoms with van der Waals surface area (Å²) in [6, 6.07) is 0. The lowest BCUT2D eigenvalue weighted by molar-refractivity contribution is -0.105. The first-order chi connectivity index (χ1) is 2.27. The van der Waals surface area contributed by atoms with E-state index in [0.717, 1.165) is 6.29 Å². The van der Waals surface area contributed by atoms with Gasteiger partial charge in [-0.2, -0.15) is 0 Å². The summed E-state index contributed by atoms with van der Waals surface area (Å²) in [6.45, 7) is 0. The molecule has 27 valence electrons. The minimum Gasteiger partial charge on any atom is -0.286 e. The molecule has 0 amide bonds. The van der Waals surface area contributed by atoms with Gasteiger partial charge < -0.3 is 0 Å². The smallest absolute Gasteiger partial charge is 0.276 e. The maximum Gasteiger partial charge on any atom is 0.276 e. The van der Waals surface area contributed by atoms with Crippen LogP contribution in [0.5, 0.6) is 0 Å². The summed E-state index contributed by atoms with van der Waals surface area (Å²) in [4.78, 5) is 18.4. The fourth-order valence-electron chi connectivity index (χ4n) is 0. The molecule has 0 saturated heterocycles. The predicted molar refractivity (Wildman–Crippen MR) is 20.4 cm³/mol. The number of carbonyl (C=O) groups excluding carboxylic acids is 2. The van der Waals surface area contributed by atoms with E-state index in [4.69, 9.17) is 4.79 Å². The van der Waals surface area contributed by atoms with Gasteiger partial charge in [-0.25, -0.2) is 0 Å². The fraction of sp³-hybridized carbons (Fsp3) is 0. The first kappa shape index (κ1) is 4.77. The Labute approximate surface area is 31.8 Å². The van der Waals surface area contributed by atoms with Gasteiger partial charge in [-0.15, -0.1) is 0 Å². The summed E-state index contributed by atoms with van der Waals surface area (Å²) < 4.78 is 0. The summed E-state index contributed by atoms with van der Waals surface area (Å²) in [5.41, 5.74) is -0.634. The molecule has 0 rings (SSSR count). The Hall–Kier alpha value is -0.230. The van der Waals surface area contributed by atoms with Crippen molar-refractivity contribution in [3.05, 3.63) is 0 Å². The number of rotatable bonds is 1. The Morgan fingerprint density at radius 1 is 1.80 bits per heavy atom. The normalized spacial score (nSPS) is 6.60. The lowest BCUT2D eigenvalue weighted by Gasteiger charge is -1.55. The van der Waals surface area contributed by atoms with Gasteiger partial charge in [0.2, 0.25) is 5.52 Å². The van der Waals surface area contributed by atoms with Crippen molar-refractivity contribution in [2.75, 3.05) is 0 Å². The first-order valence-corrected chi connectivity index (χ1v) is 1.52. The van der Waals surface area contributed by atoms with E-state index in [1.807, 2.05) is 0 Å². The lowest BCUT2D eigenvalue weighted by Crippen LogP contribution is -1.79. The molecule has 5 heavy (non-hydrogen) atoms. The molecule has 1 atom stereocenters. The van der Waals surface area contributed by atoms with Crippen LogP contribution in [0.1, 0.15) is 0 Å². The quantitative estimate of drug-likeness (QED) is 0.320. The molecule has 0 aliphatic carbocycles. The van der Waals surface area contributed by atoms with Gasteiger partial charge in [0.1, 0.15) is 0 Å². The van der Waals surface area contributed by atoms with E-state index in [9.17, 15) is 4.79 Å². The maximum absolute atomic E-state index is 9.35. The van der Waals surface area contributed by atoms with E-state index < -0.39 is 5.52 Å². The molecule has 0 bridgehead atoms. The van der Waals surface area contributed by atoms with Crippen molar-refractivity contribution in [3.8, 4) is 0 Å². The van der Waals surface area contributed by atoms with Gasteiger partial charge in [-0.05, 0) is 0 Å². The third-order valence-electron chi connectivity index (χ3n) is 0.101. The number of hydrogen-bond acceptors (Lipinski definition) is 2. The van der Waals surface area contributed by atoms with Crippen molar-refractivity contribution in [1.82, 2.24) is 0 Å². The molecule has 0 fully saturated rings. The monoisotopic (exact) mass is 89.0 g/mol. The van der Waals surface area contributed by atoms with Crippen LogP contribution in [0.25, 0.3) is 0 Å². The van der Waals surface area contributed by atoms with Crippen LogP contribution in [-0.4, -0.2) is 11.8 Å². The van der Waals surface area contributed by atoms with Gasteiger partial charge in [-0.3, -0.25) is 9.59 Å². The molecule has 1 radical (unpaired) electrons. The van der Waals surface area contributed by atoms with E-state index in [-0.39, 0.29) is 0 Å². The van der Waals surface area contributed by atoms with Crippen molar-refractivity contribution in [3.63, 3.8) is 0 Å². The molecule has 0 aliphatic rings. The molecule has 0 spiro atoms. The third kappa shape index (κ3) is 3.77. The summed E-state index contributed by atoms with van der Waals surface area (Å²) in [6.07, 6.45) is 1.10. The van der Waals surface area contributed by atoms with E-state index in [1.165, 1.54) is 0 Å². The summed E-state index contributed by atoms with van der Waals surface area (Å²) >= 11 is 0. The summed E-state index contributed by atoms with van der Waals surface area (Å²) in [5.74, 6) is 0. The molecule has 0 aromatic heterocycles. The zero-order valence-corrected chi connectivity index (χ0v) is 3.55. The van der Waals surface area contributed by atoms with Crippen LogP contribution in [0.3, 0.4) is 0 Å². The molecule has 0 saturated carbocycles. The summed E-state index contributed by atoms with van der Waals surface area (Å²) in [5, 5.41) is 0. The highest BCUT2D eigenvalue weighted by molar-refractivity contribution is 7.44. The van der Waals surface area contributed by atoms with Crippen molar-refractivity contribution in [1.29, 1.82) is 0 Å². The van der Waals surface area contributed by atoms with Gasteiger partial charge in [0, 0.05) is 0 Å². The molecule has 0 N–H and O–H groups in total. The number of carbonyl (C=O) groups is 1. The second kappa shape index (κ2) is 2.04. The molecule has 0 aliphatic heterocycles. The molecule has 0 heterocycles. The molecule has 0 aromatic rings. The van der Waals surface area contributed by atoms with Crippen molar-refractivity contribution >= 4 is 21.1 Å². The van der Waals surface area contributed by atoms with E-state index in [2.05, 4.69) is 0 Å². The van der Waals surface area contributed by atoms with Gasteiger partial charge in [0.25, 0.3) is 6.29 Å². The molecule has 3 heteroatoms. The van der Waals surface area contributed by atoms with E-state index in [0.29, 0.717) is 0 Å². The van der Waals surface area contributed by atoms with Crippen LogP contribution in [0.4, 0.5) is 0 Å². The maximum atomic E-state index is 9.35. The molecule has 1 unspecified atom stereocenters. The van der Waals surface area contributed by atoms with Crippen molar-refractivity contribution < 1.29 is 9.59 Å². The van der Waals surface area contributed by atoms with Crippen LogP contribution in [0.2, 0.25) is 0 Å². The second-order valence-electron chi connectivity index (χ2n) is 0.466. The zero-order valence-electron chi connectivity index (χ0n) is 2.39. The van der Waals surface area contributed by atoms with Crippen LogP contribution in [0, 0.1) is 0 Å². The Morgan fingerprint density at radius 3 is 2.00 bits per heavy atom. The van der Waals surface area contributed by atoms with Gasteiger partial charge >= 0.3 is 0 Å². The van der Waals surface area contributed by atoms with E-state index in [1.54, 1.807) is 9.24 Å². The average molecular weight is 89.0 g/mol. The van der Waals surface area contributed by atoms with Crippen LogP contribution >= 0.6 is 9.24 Å². The zero-order chi connectivity index (χ0) is 4.28. The third-order valence-corrected chi connectivity index (χ3v) is 0.218. The molecule has 2 nitrogen and oxygen atoms in total. The largest absolute Gasteiger partial charge is 0.286 e. The van der Waals surface area contributed by atoms with Gasteiger partial charge in [0.15, 0.2) is 0 Å². The Balaban J connectivity index is 3.20. The molecule has 0 aromatic carbocycles. The summed E-state index contributed by atoms with van der Waals surface area (Å²) in [7, 11) is 1.67.